The number of para-hydroxylation sites is 1. The number of thioether (sulfide) groups is 1. The zero-order valence-electron chi connectivity index (χ0n) is 19.3. The summed E-state index contributed by atoms with van der Waals surface area (Å²) in [4.78, 5) is 5.81. The van der Waals surface area contributed by atoms with Gasteiger partial charge in [-0.15, -0.1) is 10.2 Å². The van der Waals surface area contributed by atoms with E-state index in [2.05, 4.69) is 93.2 Å². The van der Waals surface area contributed by atoms with Crippen molar-refractivity contribution in [1.82, 2.24) is 24.6 Å². The van der Waals surface area contributed by atoms with Crippen LogP contribution in [0.2, 0.25) is 0 Å². The van der Waals surface area contributed by atoms with Crippen LogP contribution in [0.3, 0.4) is 0 Å². The van der Waals surface area contributed by atoms with Crippen molar-refractivity contribution in [2.45, 2.75) is 56.4 Å². The van der Waals surface area contributed by atoms with Crippen molar-refractivity contribution in [3.63, 3.8) is 0 Å². The Hall–Kier alpha value is -2.61. The van der Waals surface area contributed by atoms with Gasteiger partial charge in [0.2, 0.25) is 0 Å². The molecule has 1 fully saturated rings. The Morgan fingerprint density at radius 2 is 1.97 bits per heavy atom. The Balaban J connectivity index is 1.31. The number of nitrogens with zero attached hydrogens (tertiary/aromatic N) is 4. The number of aromatic nitrogens is 4. The van der Waals surface area contributed by atoms with E-state index in [4.69, 9.17) is 4.74 Å². The number of fused-ring (bicyclic) bond motifs is 1. The van der Waals surface area contributed by atoms with Crippen LogP contribution in [0, 0.1) is 6.92 Å². The topological polar surface area (TPSA) is 59.0 Å². The largest absolute Gasteiger partial charge is 0.376 e. The van der Waals surface area contributed by atoms with Crippen LogP contribution in [0.1, 0.15) is 35.5 Å². The van der Waals surface area contributed by atoms with Gasteiger partial charge in [-0.05, 0) is 55.5 Å². The Morgan fingerprint density at radius 1 is 1.12 bits per heavy atom. The van der Waals surface area contributed by atoms with Crippen LogP contribution in [0.5, 0.6) is 0 Å². The highest BCUT2D eigenvalue weighted by atomic mass is 32.2. The number of hydrogen-bond acceptors (Lipinski definition) is 5. The first-order valence-corrected chi connectivity index (χ1v) is 12.6. The van der Waals surface area contributed by atoms with Crippen LogP contribution >= 0.6 is 11.8 Å². The highest BCUT2D eigenvalue weighted by Crippen LogP contribution is 2.26. The summed E-state index contributed by atoms with van der Waals surface area (Å²) in [5, 5.41) is 11.4. The van der Waals surface area contributed by atoms with Crippen molar-refractivity contribution >= 4 is 22.7 Å². The van der Waals surface area contributed by atoms with Gasteiger partial charge in [-0.25, -0.2) is 0 Å². The monoisotopic (exact) mass is 461 g/mol. The Kier molecular flexibility index (Phi) is 6.80. The molecule has 0 aliphatic carbocycles. The summed E-state index contributed by atoms with van der Waals surface area (Å²) in [6.45, 7) is 5.40. The Bertz CT molecular complexity index is 1180. The molecule has 0 amide bonds. The fourth-order valence-corrected chi connectivity index (χ4v) is 5.48. The molecule has 1 aliphatic heterocycles. The molecule has 1 aliphatic rings. The lowest BCUT2D eigenvalue weighted by molar-refractivity contribution is 0.0934. The molecule has 172 valence electrons. The van der Waals surface area contributed by atoms with Gasteiger partial charge in [0.05, 0.1) is 19.2 Å². The van der Waals surface area contributed by atoms with E-state index in [0.717, 1.165) is 55.8 Å². The van der Waals surface area contributed by atoms with Crippen molar-refractivity contribution in [2.75, 3.05) is 13.7 Å². The first-order chi connectivity index (χ1) is 16.2. The van der Waals surface area contributed by atoms with Gasteiger partial charge in [-0.2, -0.15) is 0 Å². The van der Waals surface area contributed by atoms with E-state index >= 15 is 0 Å². The zero-order chi connectivity index (χ0) is 22.6. The van der Waals surface area contributed by atoms with Gasteiger partial charge >= 0.3 is 0 Å². The van der Waals surface area contributed by atoms with Crippen LogP contribution < -0.4 is 0 Å². The molecule has 1 saturated heterocycles. The molecule has 7 heteroatoms. The number of H-pyrrole nitrogens is 1. The molecule has 0 spiro atoms. The fraction of sp³-hybridized carbons (Fsp3) is 0.385. The summed E-state index contributed by atoms with van der Waals surface area (Å²) < 4.78 is 8.23. The molecular weight excluding hydrogens is 430 g/mol. The van der Waals surface area contributed by atoms with Crippen molar-refractivity contribution in [1.29, 1.82) is 0 Å². The van der Waals surface area contributed by atoms with Gasteiger partial charge in [0.1, 0.15) is 5.82 Å². The Labute approximate surface area is 199 Å². The van der Waals surface area contributed by atoms with E-state index in [1.807, 2.05) is 0 Å². The van der Waals surface area contributed by atoms with E-state index in [-0.39, 0.29) is 6.10 Å². The summed E-state index contributed by atoms with van der Waals surface area (Å²) in [6, 6.07) is 19.2. The quantitative estimate of drug-likeness (QED) is 0.349. The highest BCUT2D eigenvalue weighted by molar-refractivity contribution is 7.98. The number of nitrogens with one attached hydrogen (secondary N) is 1. The maximum atomic E-state index is 5.95. The standard InChI is InChI=1S/C26H31N5OS/c1-19-8-3-4-10-21(19)18-33-26-29-28-25(31(26)16-23-11-7-13-32-23)17-30(2)15-22-14-20-9-5-6-12-24(20)27-22/h3-6,8-10,12,14,23,27H,7,11,13,15-18H2,1-2H3. The Morgan fingerprint density at radius 3 is 2.79 bits per heavy atom. The number of aromatic amines is 1. The molecule has 33 heavy (non-hydrogen) atoms. The number of benzene rings is 2. The number of aryl methyl sites for hydroxylation is 1. The summed E-state index contributed by atoms with van der Waals surface area (Å²) in [5.74, 6) is 1.89. The molecular formula is C26H31N5OS. The van der Waals surface area contributed by atoms with E-state index in [1.165, 1.54) is 27.7 Å². The predicted molar refractivity (Wildman–Crippen MR) is 133 cm³/mol. The van der Waals surface area contributed by atoms with Crippen LogP contribution in [0.25, 0.3) is 10.9 Å². The van der Waals surface area contributed by atoms with Gasteiger partial charge in [-0.1, -0.05) is 54.2 Å². The molecule has 2 aromatic carbocycles. The third kappa shape index (κ3) is 5.32. The maximum absolute atomic E-state index is 5.95. The normalized spacial score (nSPS) is 16.3. The highest BCUT2D eigenvalue weighted by Gasteiger charge is 2.22. The minimum absolute atomic E-state index is 0.247. The van der Waals surface area contributed by atoms with Crippen LogP contribution in [0.15, 0.2) is 59.8 Å². The van der Waals surface area contributed by atoms with Crippen molar-refractivity contribution in [2.24, 2.45) is 0 Å². The maximum Gasteiger partial charge on any atom is 0.191 e. The average Bonchev–Trinajstić information content (AvgIpc) is 3.54. The summed E-state index contributed by atoms with van der Waals surface area (Å²) in [5.41, 5.74) is 5.04. The van der Waals surface area contributed by atoms with Crippen LogP contribution in [-0.2, 0) is 30.1 Å². The van der Waals surface area contributed by atoms with E-state index < -0.39 is 0 Å². The van der Waals surface area contributed by atoms with Crippen molar-refractivity contribution in [3.8, 4) is 0 Å². The SMILES string of the molecule is Cc1ccccc1CSc1nnc(CN(C)Cc2cc3ccccc3[nH]2)n1CC1CCCO1. The lowest BCUT2D eigenvalue weighted by Crippen LogP contribution is -2.23. The number of ether oxygens (including phenoxy) is 1. The lowest BCUT2D eigenvalue weighted by atomic mass is 10.1. The molecule has 0 saturated carbocycles. The molecule has 0 radical (unpaired) electrons. The summed E-state index contributed by atoms with van der Waals surface area (Å²) in [7, 11) is 2.14. The van der Waals surface area contributed by atoms with Gasteiger partial charge in [0.15, 0.2) is 5.16 Å². The van der Waals surface area contributed by atoms with Gasteiger partial charge < -0.3 is 14.3 Å². The second-order valence-corrected chi connectivity index (χ2v) is 9.86. The fourth-order valence-electron chi connectivity index (χ4n) is 4.44. The molecule has 1 atom stereocenters. The van der Waals surface area contributed by atoms with Crippen LogP contribution in [0.4, 0.5) is 0 Å². The minimum Gasteiger partial charge on any atom is -0.376 e. The zero-order valence-corrected chi connectivity index (χ0v) is 20.1. The number of rotatable bonds is 9. The van der Waals surface area contributed by atoms with Crippen LogP contribution in [-0.4, -0.2) is 44.4 Å². The summed E-state index contributed by atoms with van der Waals surface area (Å²) >= 11 is 1.76. The first kappa shape index (κ1) is 22.2. The molecule has 4 aromatic rings. The second kappa shape index (κ2) is 10.1. The predicted octanol–water partition coefficient (Wildman–Crippen LogP) is 5.17. The van der Waals surface area contributed by atoms with Gasteiger partial charge in [0, 0.05) is 30.1 Å². The van der Waals surface area contributed by atoms with E-state index in [1.54, 1.807) is 11.8 Å². The molecule has 5 rings (SSSR count). The van der Waals surface area contributed by atoms with E-state index in [0.29, 0.717) is 0 Å². The molecule has 0 bridgehead atoms. The molecule has 6 nitrogen and oxygen atoms in total. The minimum atomic E-state index is 0.247. The third-order valence-corrected chi connectivity index (χ3v) is 7.27. The first-order valence-electron chi connectivity index (χ1n) is 11.6. The smallest absolute Gasteiger partial charge is 0.191 e. The second-order valence-electron chi connectivity index (χ2n) is 8.91. The third-order valence-electron chi connectivity index (χ3n) is 6.26. The van der Waals surface area contributed by atoms with Gasteiger partial charge in [-0.3, -0.25) is 4.90 Å². The van der Waals surface area contributed by atoms with Crippen molar-refractivity contribution < 1.29 is 4.74 Å². The molecule has 2 aromatic heterocycles. The summed E-state index contributed by atoms with van der Waals surface area (Å²) in [6.07, 6.45) is 2.48. The molecule has 1 N–H and O–H groups in total. The van der Waals surface area contributed by atoms with Gasteiger partial charge in [0.25, 0.3) is 0 Å². The lowest BCUT2D eigenvalue weighted by Gasteiger charge is -2.18. The molecule has 3 heterocycles. The average molecular weight is 462 g/mol. The molecule has 1 unspecified atom stereocenters. The van der Waals surface area contributed by atoms with E-state index in [9.17, 15) is 0 Å². The van der Waals surface area contributed by atoms with Crippen molar-refractivity contribution in [3.05, 3.63) is 77.2 Å². The number of hydrogen-bond donors (Lipinski definition) is 1.